The van der Waals surface area contributed by atoms with Gasteiger partial charge in [-0.15, -0.1) is 10.2 Å². The molecule has 1 aromatic carbocycles. The van der Waals surface area contributed by atoms with Gasteiger partial charge in [-0.1, -0.05) is 23.5 Å². The Bertz CT molecular complexity index is 956. The number of hydrogen-bond acceptors (Lipinski definition) is 7. The summed E-state index contributed by atoms with van der Waals surface area (Å²) in [6.45, 7) is 5.23. The van der Waals surface area contributed by atoms with Crippen LogP contribution in [0, 0.1) is 12.7 Å². The SMILES string of the molecule is Cc1cc(N2CCN(CC(=O)Nc3nncs3)CC2)c2cccc(F)c2n1. The molecule has 0 saturated carbocycles. The van der Waals surface area contributed by atoms with E-state index in [0.717, 1.165) is 42.9 Å². The lowest BCUT2D eigenvalue weighted by molar-refractivity contribution is -0.117. The van der Waals surface area contributed by atoms with E-state index in [4.69, 9.17) is 0 Å². The number of para-hydroxylation sites is 1. The molecular formula is C18H19FN6OS. The number of hydrogen-bond donors (Lipinski definition) is 1. The Morgan fingerprint density at radius 3 is 2.85 bits per heavy atom. The van der Waals surface area contributed by atoms with E-state index in [1.807, 2.05) is 19.1 Å². The number of aromatic nitrogens is 3. The zero-order valence-corrected chi connectivity index (χ0v) is 15.7. The fraction of sp³-hybridized carbons (Fsp3) is 0.333. The van der Waals surface area contributed by atoms with Crippen LogP contribution in [-0.2, 0) is 4.79 Å². The van der Waals surface area contributed by atoms with Crippen LogP contribution in [0.1, 0.15) is 5.69 Å². The van der Waals surface area contributed by atoms with E-state index in [9.17, 15) is 9.18 Å². The average molecular weight is 386 g/mol. The Hall–Kier alpha value is -2.65. The number of amides is 1. The molecule has 1 aliphatic heterocycles. The fourth-order valence-corrected chi connectivity index (χ4v) is 3.78. The van der Waals surface area contributed by atoms with Gasteiger partial charge in [-0.2, -0.15) is 0 Å². The first-order valence-corrected chi connectivity index (χ1v) is 9.57. The number of nitrogens with zero attached hydrogens (tertiary/aromatic N) is 5. The number of halogens is 1. The summed E-state index contributed by atoms with van der Waals surface area (Å²) in [7, 11) is 0. The number of carbonyl (C=O) groups is 1. The van der Waals surface area contributed by atoms with Crippen molar-refractivity contribution >= 4 is 39.0 Å². The third-order valence-corrected chi connectivity index (χ3v) is 5.19. The van der Waals surface area contributed by atoms with Crippen LogP contribution in [0.2, 0.25) is 0 Å². The van der Waals surface area contributed by atoms with Gasteiger partial charge in [-0.05, 0) is 19.1 Å². The molecule has 0 spiro atoms. The molecule has 0 bridgehead atoms. The van der Waals surface area contributed by atoms with Crippen LogP contribution in [0.4, 0.5) is 15.2 Å². The standard InChI is InChI=1S/C18H19FN6OS/c1-12-9-15(13-3-2-4-14(19)17(13)21-12)25-7-5-24(6-8-25)10-16(26)22-18-23-20-11-27-18/h2-4,9,11H,5-8,10H2,1H3,(H,22,23,26). The number of fused-ring (bicyclic) bond motifs is 1. The monoisotopic (exact) mass is 386 g/mol. The first-order chi connectivity index (χ1) is 13.1. The van der Waals surface area contributed by atoms with Crippen LogP contribution in [0.15, 0.2) is 29.8 Å². The molecule has 0 aliphatic carbocycles. The largest absolute Gasteiger partial charge is 0.368 e. The molecule has 140 valence electrons. The molecule has 1 fully saturated rings. The van der Waals surface area contributed by atoms with Crippen molar-refractivity contribution in [1.29, 1.82) is 0 Å². The maximum atomic E-state index is 14.1. The first-order valence-electron chi connectivity index (χ1n) is 8.69. The highest BCUT2D eigenvalue weighted by Gasteiger charge is 2.21. The Balaban J connectivity index is 1.43. The van der Waals surface area contributed by atoms with Crippen molar-refractivity contribution < 1.29 is 9.18 Å². The second-order valence-corrected chi connectivity index (χ2v) is 7.31. The predicted octanol–water partition coefficient (Wildman–Crippen LogP) is 2.29. The van der Waals surface area contributed by atoms with Crippen molar-refractivity contribution in [2.45, 2.75) is 6.92 Å². The quantitative estimate of drug-likeness (QED) is 0.742. The molecule has 0 atom stereocenters. The number of nitrogens with one attached hydrogen (secondary N) is 1. The number of aryl methyl sites for hydroxylation is 1. The smallest absolute Gasteiger partial charge is 0.240 e. The summed E-state index contributed by atoms with van der Waals surface area (Å²) in [4.78, 5) is 20.8. The third-order valence-electron chi connectivity index (χ3n) is 4.58. The number of anilines is 2. The van der Waals surface area contributed by atoms with E-state index in [2.05, 4.69) is 30.3 Å². The summed E-state index contributed by atoms with van der Waals surface area (Å²) < 4.78 is 14.1. The minimum Gasteiger partial charge on any atom is -0.368 e. The first kappa shape index (κ1) is 17.7. The highest BCUT2D eigenvalue weighted by Crippen LogP contribution is 2.29. The molecule has 4 rings (SSSR count). The summed E-state index contributed by atoms with van der Waals surface area (Å²) in [6, 6.07) is 7.06. The number of rotatable bonds is 4. The van der Waals surface area contributed by atoms with Crippen molar-refractivity contribution in [3.63, 3.8) is 0 Å². The molecule has 9 heteroatoms. The van der Waals surface area contributed by atoms with Crippen molar-refractivity contribution in [3.05, 3.63) is 41.3 Å². The molecule has 27 heavy (non-hydrogen) atoms. The third kappa shape index (κ3) is 3.88. The maximum Gasteiger partial charge on any atom is 0.240 e. The lowest BCUT2D eigenvalue weighted by Gasteiger charge is -2.36. The van der Waals surface area contributed by atoms with E-state index in [1.54, 1.807) is 11.6 Å². The molecule has 0 unspecified atom stereocenters. The molecule has 3 heterocycles. The molecule has 0 radical (unpaired) electrons. The van der Waals surface area contributed by atoms with Crippen molar-refractivity contribution in [2.75, 3.05) is 42.9 Å². The van der Waals surface area contributed by atoms with E-state index < -0.39 is 0 Å². The topological polar surface area (TPSA) is 74.2 Å². The van der Waals surface area contributed by atoms with Crippen LogP contribution in [0.25, 0.3) is 10.9 Å². The van der Waals surface area contributed by atoms with Crippen molar-refractivity contribution in [3.8, 4) is 0 Å². The van der Waals surface area contributed by atoms with Gasteiger partial charge < -0.3 is 4.90 Å². The fourth-order valence-electron chi connectivity index (χ4n) is 3.32. The second-order valence-electron chi connectivity index (χ2n) is 6.47. The summed E-state index contributed by atoms with van der Waals surface area (Å²) >= 11 is 1.30. The second kappa shape index (κ2) is 7.53. The highest BCUT2D eigenvalue weighted by atomic mass is 32.1. The van der Waals surface area contributed by atoms with E-state index >= 15 is 0 Å². The van der Waals surface area contributed by atoms with Gasteiger partial charge in [0, 0.05) is 42.9 Å². The number of benzene rings is 1. The molecule has 1 amide bonds. The van der Waals surface area contributed by atoms with Crippen LogP contribution in [0.3, 0.4) is 0 Å². The minimum atomic E-state index is -0.301. The van der Waals surface area contributed by atoms with Gasteiger partial charge in [0.2, 0.25) is 11.0 Å². The minimum absolute atomic E-state index is 0.0903. The summed E-state index contributed by atoms with van der Waals surface area (Å²) in [5.74, 6) is -0.392. The molecule has 3 aromatic rings. The van der Waals surface area contributed by atoms with Gasteiger partial charge in [-0.3, -0.25) is 15.0 Å². The molecule has 7 nitrogen and oxygen atoms in total. The van der Waals surface area contributed by atoms with Gasteiger partial charge in [0.15, 0.2) is 0 Å². The summed E-state index contributed by atoms with van der Waals surface area (Å²) in [5, 5.41) is 11.6. The molecule has 1 aliphatic rings. The Morgan fingerprint density at radius 2 is 2.11 bits per heavy atom. The van der Waals surface area contributed by atoms with Crippen molar-refractivity contribution in [2.24, 2.45) is 0 Å². The van der Waals surface area contributed by atoms with Crippen molar-refractivity contribution in [1.82, 2.24) is 20.1 Å². The van der Waals surface area contributed by atoms with Gasteiger partial charge in [-0.25, -0.2) is 9.37 Å². The van der Waals surface area contributed by atoms with E-state index in [1.165, 1.54) is 17.4 Å². The van der Waals surface area contributed by atoms with Crippen LogP contribution < -0.4 is 10.2 Å². The normalized spacial score (nSPS) is 15.3. The Kier molecular flexibility index (Phi) is 4.95. The molecule has 1 saturated heterocycles. The van der Waals surface area contributed by atoms with Gasteiger partial charge in [0.1, 0.15) is 16.8 Å². The van der Waals surface area contributed by atoms with Crippen LogP contribution in [-0.4, -0.2) is 58.7 Å². The van der Waals surface area contributed by atoms with E-state index in [-0.39, 0.29) is 11.7 Å². The molecular weight excluding hydrogens is 367 g/mol. The lowest BCUT2D eigenvalue weighted by atomic mass is 10.1. The van der Waals surface area contributed by atoms with Crippen LogP contribution in [0.5, 0.6) is 0 Å². The Labute approximate surface area is 159 Å². The summed E-state index contributed by atoms with van der Waals surface area (Å²) in [6.07, 6.45) is 0. The summed E-state index contributed by atoms with van der Waals surface area (Å²) in [5.41, 5.74) is 3.78. The number of piperazine rings is 1. The van der Waals surface area contributed by atoms with Crippen LogP contribution >= 0.6 is 11.3 Å². The average Bonchev–Trinajstić information content (AvgIpc) is 3.15. The Morgan fingerprint density at radius 1 is 1.30 bits per heavy atom. The van der Waals surface area contributed by atoms with E-state index in [0.29, 0.717) is 17.2 Å². The van der Waals surface area contributed by atoms with Gasteiger partial charge in [0.05, 0.1) is 6.54 Å². The molecule has 1 N–H and O–H groups in total. The molecule has 2 aromatic heterocycles. The maximum absolute atomic E-state index is 14.1. The highest BCUT2D eigenvalue weighted by molar-refractivity contribution is 7.13. The predicted molar refractivity (Wildman–Crippen MR) is 104 cm³/mol. The number of pyridine rings is 1. The zero-order valence-electron chi connectivity index (χ0n) is 14.9. The lowest BCUT2D eigenvalue weighted by Crippen LogP contribution is -2.48. The number of carbonyl (C=O) groups excluding carboxylic acids is 1. The van der Waals surface area contributed by atoms with Gasteiger partial charge >= 0.3 is 0 Å². The van der Waals surface area contributed by atoms with Gasteiger partial charge in [0.25, 0.3) is 0 Å². The zero-order chi connectivity index (χ0) is 18.8.